The lowest BCUT2D eigenvalue weighted by atomic mass is 9.80. The van der Waals surface area contributed by atoms with Gasteiger partial charge in [0.25, 0.3) is 0 Å². The van der Waals surface area contributed by atoms with Gasteiger partial charge in [0.05, 0.1) is 22.3 Å². The highest BCUT2D eigenvalue weighted by Crippen LogP contribution is 2.43. The lowest BCUT2D eigenvalue weighted by Crippen LogP contribution is -2.54. The van der Waals surface area contributed by atoms with Crippen LogP contribution in [0.2, 0.25) is 0 Å². The normalized spacial score (nSPS) is 16.9. The van der Waals surface area contributed by atoms with Crippen molar-refractivity contribution in [3.05, 3.63) is 22.5 Å². The Morgan fingerprint density at radius 2 is 1.19 bits per heavy atom. The van der Waals surface area contributed by atoms with Gasteiger partial charge in [-0.3, -0.25) is 19.8 Å². The Hall–Kier alpha value is -4.08. The summed E-state index contributed by atoms with van der Waals surface area (Å²) in [6, 6.07) is 0. The van der Waals surface area contributed by atoms with Crippen molar-refractivity contribution in [2.75, 3.05) is 97.9 Å². The first-order chi connectivity index (χ1) is 20.4. The monoisotopic (exact) mass is 586 g/mol. The van der Waals surface area contributed by atoms with Crippen molar-refractivity contribution >= 4 is 46.6 Å². The van der Waals surface area contributed by atoms with Gasteiger partial charge in [0.15, 0.2) is 0 Å². The molecule has 0 radical (unpaired) electrons. The van der Waals surface area contributed by atoms with Crippen molar-refractivity contribution in [2.45, 2.75) is 19.3 Å². The highest BCUT2D eigenvalue weighted by atomic mass is 16.5. The third-order valence-electron chi connectivity index (χ3n) is 6.31. The van der Waals surface area contributed by atoms with E-state index in [4.69, 9.17) is 24.2 Å². The number of nitrogens with zero attached hydrogens (tertiary/aromatic N) is 5. The summed E-state index contributed by atoms with van der Waals surface area (Å²) in [4.78, 5) is 36.8. The van der Waals surface area contributed by atoms with Crippen LogP contribution < -0.4 is 26.6 Å². The van der Waals surface area contributed by atoms with Gasteiger partial charge in [0, 0.05) is 81.9 Å². The van der Waals surface area contributed by atoms with Gasteiger partial charge in [0.2, 0.25) is 17.7 Å². The summed E-state index contributed by atoms with van der Waals surface area (Å²) in [7, 11) is 9.96. The van der Waals surface area contributed by atoms with E-state index in [1.54, 1.807) is 42.5 Å². The molecule has 1 aromatic rings. The molecule has 1 fully saturated rings. The number of aliphatic hydroxyl groups excluding tert-OH is 1. The fraction of sp³-hybridized carbons (Fsp3) is 0.556. The fourth-order valence-corrected chi connectivity index (χ4v) is 4.28. The van der Waals surface area contributed by atoms with Crippen molar-refractivity contribution in [1.82, 2.24) is 20.6 Å². The van der Waals surface area contributed by atoms with Crippen molar-refractivity contribution in [3.8, 4) is 0 Å². The first kappa shape index (κ1) is 32.4. The zero-order valence-corrected chi connectivity index (χ0v) is 25.2. The van der Waals surface area contributed by atoms with Crippen LogP contribution in [-0.4, -0.2) is 120 Å². The summed E-state index contributed by atoms with van der Waals surface area (Å²) in [6.07, 6.45) is 2.04. The van der Waals surface area contributed by atoms with Crippen LogP contribution in [-0.2, 0) is 19.0 Å². The maximum Gasteiger partial charge on any atom is 0.226 e. The average Bonchev–Trinajstić information content (AvgIpc) is 3.00. The first-order valence-corrected chi connectivity index (χ1v) is 13.8. The summed E-state index contributed by atoms with van der Waals surface area (Å²) in [6.45, 7) is 2.94. The molecule has 0 unspecified atom stereocenters. The van der Waals surface area contributed by atoms with E-state index in [1.165, 1.54) is 0 Å². The van der Waals surface area contributed by atoms with Crippen molar-refractivity contribution in [2.24, 2.45) is 15.0 Å². The van der Waals surface area contributed by atoms with Crippen LogP contribution in [0.15, 0.2) is 31.9 Å². The van der Waals surface area contributed by atoms with Gasteiger partial charge in [-0.25, -0.2) is 0 Å². The smallest absolute Gasteiger partial charge is 0.226 e. The summed E-state index contributed by atoms with van der Waals surface area (Å²) < 4.78 is 15.5. The topological polar surface area (TPSA) is 188 Å². The third-order valence-corrected chi connectivity index (χ3v) is 6.31. The van der Waals surface area contributed by atoms with Crippen molar-refractivity contribution in [3.63, 3.8) is 0 Å². The third kappa shape index (κ3) is 7.60. The molecule has 1 aliphatic heterocycles. The molecule has 0 saturated carbocycles. The van der Waals surface area contributed by atoms with Crippen LogP contribution in [0.25, 0.3) is 5.57 Å². The second-order valence-corrected chi connectivity index (χ2v) is 9.15. The largest absolute Gasteiger partial charge is 0.506 e. The molecule has 1 aromatic heterocycles. The Morgan fingerprint density at radius 3 is 1.60 bits per heavy atom. The Morgan fingerprint density at radius 1 is 0.714 bits per heavy atom. The van der Waals surface area contributed by atoms with Crippen LogP contribution in [0.1, 0.15) is 24.8 Å². The van der Waals surface area contributed by atoms with Crippen LogP contribution in [0.3, 0.4) is 0 Å². The number of ketones is 1. The molecule has 0 amide bonds. The lowest BCUT2D eigenvalue weighted by Gasteiger charge is -2.31. The number of guanidine groups is 1. The van der Waals surface area contributed by atoms with Gasteiger partial charge in [-0.1, -0.05) is 0 Å². The number of hydrogen-bond acceptors (Lipinski definition) is 13. The molecule has 0 spiro atoms. The number of methoxy groups -OCH3 is 3. The quantitative estimate of drug-likeness (QED) is 0.120. The number of allylic oxidation sites excluding steroid dienone is 2. The Kier molecular flexibility index (Phi) is 12.7. The second kappa shape index (κ2) is 16.4. The van der Waals surface area contributed by atoms with Gasteiger partial charge in [-0.05, 0) is 19.3 Å². The zero-order valence-electron chi connectivity index (χ0n) is 25.2. The SMILES string of the molecule is CNc1nc(NC)c(C2=C(O)C(=C3C(=NCCCOC)NC(=NCCCOC)NC3=NCCCOC)C2=O)c(NC)n1. The number of nitrogens with one attached hydrogen (secondary N) is 5. The second-order valence-electron chi connectivity index (χ2n) is 9.15. The Bertz CT molecular complexity index is 1210. The van der Waals surface area contributed by atoms with E-state index in [9.17, 15) is 9.90 Å². The molecule has 1 aliphatic carbocycles. The van der Waals surface area contributed by atoms with Crippen LogP contribution in [0, 0.1) is 0 Å². The highest BCUT2D eigenvalue weighted by molar-refractivity contribution is 6.46. The molecular formula is C27H42N10O5. The van der Waals surface area contributed by atoms with E-state index < -0.39 is 5.78 Å². The minimum Gasteiger partial charge on any atom is -0.506 e. The number of Topliss-reactive ketones (excluding diaryl/α,β-unsaturated/α-hetero) is 1. The minimum absolute atomic E-state index is 0.0845. The maximum atomic E-state index is 13.9. The van der Waals surface area contributed by atoms with Gasteiger partial charge >= 0.3 is 0 Å². The van der Waals surface area contributed by atoms with E-state index in [1.807, 2.05) is 0 Å². The van der Waals surface area contributed by atoms with E-state index in [0.29, 0.717) is 98.6 Å². The average molecular weight is 587 g/mol. The molecule has 230 valence electrons. The van der Waals surface area contributed by atoms with Gasteiger partial charge in [-0.15, -0.1) is 0 Å². The lowest BCUT2D eigenvalue weighted by molar-refractivity contribution is -0.111. The molecule has 42 heavy (non-hydrogen) atoms. The van der Waals surface area contributed by atoms with E-state index >= 15 is 0 Å². The summed E-state index contributed by atoms with van der Waals surface area (Å²) in [5.41, 5.74) is 0.892. The number of amidine groups is 2. The number of aliphatic imine (C=N–C) groups is 3. The van der Waals surface area contributed by atoms with Crippen LogP contribution in [0.4, 0.5) is 17.6 Å². The number of ether oxygens (including phenoxy) is 3. The molecule has 1 saturated heterocycles. The number of carbonyl (C=O) groups is 1. The molecule has 3 rings (SSSR count). The van der Waals surface area contributed by atoms with Crippen LogP contribution in [0.5, 0.6) is 0 Å². The van der Waals surface area contributed by atoms with Crippen LogP contribution >= 0.6 is 0 Å². The van der Waals surface area contributed by atoms with E-state index in [0.717, 1.165) is 6.42 Å². The number of rotatable bonds is 16. The molecule has 15 heteroatoms. The number of aromatic nitrogens is 2. The standard InChI is InChI=1S/C27H42N10O5/c1-28-22-18(23(29-2)35-26(30-3)34-22)16-20(38)17(21(16)39)19-24(31-10-7-13-40-4)36-27(33-12-9-15-42-6)37-25(19)32-11-8-14-41-5/h38H,7-15H2,1-6H3,(H3,28,29,30,34,35)(H2,31,32,33,36,37). The zero-order chi connectivity index (χ0) is 30.5. The van der Waals surface area contributed by atoms with E-state index in [-0.39, 0.29) is 16.9 Å². The molecule has 0 aromatic carbocycles. The molecule has 2 aliphatic rings. The number of hydrogen-bond donors (Lipinski definition) is 6. The predicted molar refractivity (Wildman–Crippen MR) is 165 cm³/mol. The first-order valence-electron chi connectivity index (χ1n) is 13.8. The van der Waals surface area contributed by atoms with Crippen molar-refractivity contribution in [1.29, 1.82) is 0 Å². The summed E-state index contributed by atoms with van der Waals surface area (Å²) >= 11 is 0. The molecular weight excluding hydrogens is 544 g/mol. The Balaban J connectivity index is 2.17. The number of aliphatic hydroxyl groups is 1. The van der Waals surface area contributed by atoms with Gasteiger partial charge in [-0.2, -0.15) is 9.97 Å². The number of anilines is 3. The minimum atomic E-state index is -0.394. The van der Waals surface area contributed by atoms with Gasteiger partial charge in [0.1, 0.15) is 29.1 Å². The fourth-order valence-electron chi connectivity index (χ4n) is 4.28. The molecule has 6 N–H and O–H groups in total. The molecule has 2 heterocycles. The summed E-state index contributed by atoms with van der Waals surface area (Å²) in [5.74, 6) is 1.70. The summed E-state index contributed by atoms with van der Waals surface area (Å²) in [5, 5.41) is 26.7. The highest BCUT2D eigenvalue weighted by Gasteiger charge is 2.43. The Labute approximate surface area is 246 Å². The number of carbonyl (C=O) groups excluding carboxylic acids is 1. The molecule has 15 nitrogen and oxygen atoms in total. The van der Waals surface area contributed by atoms with Crippen molar-refractivity contribution < 1.29 is 24.1 Å². The maximum absolute atomic E-state index is 13.9. The van der Waals surface area contributed by atoms with E-state index in [2.05, 4.69) is 41.5 Å². The predicted octanol–water partition coefficient (Wildman–Crippen LogP) is 1.21. The molecule has 0 atom stereocenters. The van der Waals surface area contributed by atoms with Gasteiger partial charge < -0.3 is 45.9 Å². The molecule has 0 bridgehead atoms.